The van der Waals surface area contributed by atoms with E-state index in [1.165, 1.54) is 25.7 Å². The Kier molecular flexibility index (Phi) is 4.28. The molecule has 0 amide bonds. The smallest absolute Gasteiger partial charge is 0.145 e. The SMILES string of the molecule is CCCNC(CC1CCC1)c1ncccn1. The van der Waals surface area contributed by atoms with E-state index in [1.54, 1.807) is 0 Å². The Balaban J connectivity index is 1.95. The zero-order chi connectivity index (χ0) is 11.2. The maximum atomic E-state index is 4.37. The van der Waals surface area contributed by atoms with Crippen molar-refractivity contribution < 1.29 is 0 Å². The van der Waals surface area contributed by atoms with Crippen LogP contribution in [-0.4, -0.2) is 16.5 Å². The molecule has 1 saturated carbocycles. The van der Waals surface area contributed by atoms with E-state index < -0.39 is 0 Å². The van der Waals surface area contributed by atoms with Gasteiger partial charge in [0, 0.05) is 12.4 Å². The summed E-state index contributed by atoms with van der Waals surface area (Å²) in [6, 6.07) is 2.23. The van der Waals surface area contributed by atoms with Gasteiger partial charge in [0.2, 0.25) is 0 Å². The first-order chi connectivity index (χ1) is 7.90. The van der Waals surface area contributed by atoms with Crippen molar-refractivity contribution in [3.05, 3.63) is 24.3 Å². The highest BCUT2D eigenvalue weighted by molar-refractivity contribution is 4.97. The minimum atomic E-state index is 0.353. The average Bonchev–Trinajstić information content (AvgIpc) is 2.28. The predicted octanol–water partition coefficient (Wildman–Crippen LogP) is 2.71. The first-order valence-corrected chi connectivity index (χ1v) is 6.40. The predicted molar refractivity (Wildman–Crippen MR) is 65.0 cm³/mol. The van der Waals surface area contributed by atoms with Gasteiger partial charge >= 0.3 is 0 Å². The Labute approximate surface area is 97.7 Å². The molecular weight excluding hydrogens is 198 g/mol. The molecule has 16 heavy (non-hydrogen) atoms. The van der Waals surface area contributed by atoms with Gasteiger partial charge in [-0.1, -0.05) is 26.2 Å². The molecule has 88 valence electrons. The van der Waals surface area contributed by atoms with Gasteiger partial charge in [0.15, 0.2) is 0 Å². The zero-order valence-corrected chi connectivity index (χ0v) is 10.0. The lowest BCUT2D eigenvalue weighted by atomic mass is 9.80. The van der Waals surface area contributed by atoms with Gasteiger partial charge in [-0.3, -0.25) is 0 Å². The van der Waals surface area contributed by atoms with Gasteiger partial charge < -0.3 is 5.32 Å². The Morgan fingerprint density at radius 2 is 2.12 bits per heavy atom. The highest BCUT2D eigenvalue weighted by atomic mass is 15.0. The summed E-state index contributed by atoms with van der Waals surface area (Å²) in [5.74, 6) is 1.85. The quantitative estimate of drug-likeness (QED) is 0.799. The van der Waals surface area contributed by atoms with Crippen LogP contribution in [0.4, 0.5) is 0 Å². The molecule has 0 aromatic carbocycles. The van der Waals surface area contributed by atoms with Crippen LogP contribution in [0.15, 0.2) is 18.5 Å². The monoisotopic (exact) mass is 219 g/mol. The molecule has 1 heterocycles. The third-order valence-corrected chi connectivity index (χ3v) is 3.33. The fourth-order valence-electron chi connectivity index (χ4n) is 2.15. The molecule has 1 atom stereocenters. The molecule has 1 aliphatic carbocycles. The second-order valence-electron chi connectivity index (χ2n) is 4.65. The van der Waals surface area contributed by atoms with Gasteiger partial charge in [-0.25, -0.2) is 9.97 Å². The lowest BCUT2D eigenvalue weighted by Gasteiger charge is -2.29. The molecule has 0 spiro atoms. The number of hydrogen-bond acceptors (Lipinski definition) is 3. The number of rotatable bonds is 6. The molecule has 3 nitrogen and oxygen atoms in total. The van der Waals surface area contributed by atoms with Gasteiger partial charge in [-0.2, -0.15) is 0 Å². The molecule has 1 N–H and O–H groups in total. The standard InChI is InChI=1S/C13H21N3/c1-2-7-14-12(10-11-5-3-6-11)13-15-8-4-9-16-13/h4,8-9,11-12,14H,2-3,5-7,10H2,1H3. The van der Waals surface area contributed by atoms with E-state index >= 15 is 0 Å². The Morgan fingerprint density at radius 3 is 2.69 bits per heavy atom. The molecular formula is C13H21N3. The minimum Gasteiger partial charge on any atom is -0.307 e. The van der Waals surface area contributed by atoms with Crippen LogP contribution in [0.25, 0.3) is 0 Å². The molecule has 2 rings (SSSR count). The van der Waals surface area contributed by atoms with E-state index in [2.05, 4.69) is 22.2 Å². The van der Waals surface area contributed by atoms with Crippen LogP contribution in [0.1, 0.15) is 50.9 Å². The molecule has 1 unspecified atom stereocenters. The summed E-state index contributed by atoms with van der Waals surface area (Å²) in [6.45, 7) is 3.24. The summed E-state index contributed by atoms with van der Waals surface area (Å²) < 4.78 is 0. The van der Waals surface area contributed by atoms with E-state index in [4.69, 9.17) is 0 Å². The number of nitrogens with one attached hydrogen (secondary N) is 1. The average molecular weight is 219 g/mol. The van der Waals surface area contributed by atoms with Crippen LogP contribution < -0.4 is 5.32 Å². The highest BCUT2D eigenvalue weighted by Crippen LogP contribution is 2.33. The molecule has 0 radical (unpaired) electrons. The Bertz CT molecular complexity index is 295. The van der Waals surface area contributed by atoms with Crippen molar-refractivity contribution in [1.82, 2.24) is 15.3 Å². The van der Waals surface area contributed by atoms with Crippen molar-refractivity contribution in [3.8, 4) is 0 Å². The first kappa shape index (κ1) is 11.5. The van der Waals surface area contributed by atoms with Crippen LogP contribution in [0.2, 0.25) is 0 Å². The minimum absolute atomic E-state index is 0.353. The molecule has 1 aliphatic rings. The third kappa shape index (κ3) is 3.01. The van der Waals surface area contributed by atoms with Gasteiger partial charge in [0.25, 0.3) is 0 Å². The van der Waals surface area contributed by atoms with Gasteiger partial charge in [0.05, 0.1) is 6.04 Å². The van der Waals surface area contributed by atoms with Crippen LogP contribution >= 0.6 is 0 Å². The van der Waals surface area contributed by atoms with Crippen molar-refractivity contribution >= 4 is 0 Å². The number of hydrogen-bond donors (Lipinski definition) is 1. The van der Waals surface area contributed by atoms with E-state index in [-0.39, 0.29) is 0 Å². The lowest BCUT2D eigenvalue weighted by Crippen LogP contribution is -2.28. The molecule has 1 aromatic rings. The molecule has 1 fully saturated rings. The summed E-state index contributed by atoms with van der Waals surface area (Å²) in [4.78, 5) is 8.74. The van der Waals surface area contributed by atoms with Crippen molar-refractivity contribution in [2.24, 2.45) is 5.92 Å². The molecule has 0 saturated heterocycles. The van der Waals surface area contributed by atoms with E-state index in [0.717, 1.165) is 24.7 Å². The lowest BCUT2D eigenvalue weighted by molar-refractivity contribution is 0.257. The van der Waals surface area contributed by atoms with Gasteiger partial charge in [-0.05, 0) is 31.4 Å². The van der Waals surface area contributed by atoms with Crippen molar-refractivity contribution in [3.63, 3.8) is 0 Å². The van der Waals surface area contributed by atoms with Crippen LogP contribution in [0, 0.1) is 5.92 Å². The molecule has 3 heteroatoms. The maximum absolute atomic E-state index is 4.37. The Morgan fingerprint density at radius 1 is 1.38 bits per heavy atom. The van der Waals surface area contributed by atoms with Crippen molar-refractivity contribution in [2.75, 3.05) is 6.54 Å². The topological polar surface area (TPSA) is 37.8 Å². The number of aromatic nitrogens is 2. The molecule has 0 bridgehead atoms. The first-order valence-electron chi connectivity index (χ1n) is 6.40. The van der Waals surface area contributed by atoms with E-state index in [0.29, 0.717) is 6.04 Å². The second-order valence-corrected chi connectivity index (χ2v) is 4.65. The molecule has 0 aliphatic heterocycles. The summed E-state index contributed by atoms with van der Waals surface area (Å²) in [6.07, 6.45) is 10.2. The summed E-state index contributed by atoms with van der Waals surface area (Å²) >= 11 is 0. The summed E-state index contributed by atoms with van der Waals surface area (Å²) in [7, 11) is 0. The fourth-order valence-corrected chi connectivity index (χ4v) is 2.15. The summed E-state index contributed by atoms with van der Waals surface area (Å²) in [5, 5.41) is 3.56. The van der Waals surface area contributed by atoms with Crippen LogP contribution in [-0.2, 0) is 0 Å². The fraction of sp³-hybridized carbons (Fsp3) is 0.692. The highest BCUT2D eigenvalue weighted by Gasteiger charge is 2.23. The van der Waals surface area contributed by atoms with E-state index in [1.807, 2.05) is 18.5 Å². The van der Waals surface area contributed by atoms with Crippen molar-refractivity contribution in [2.45, 2.75) is 45.1 Å². The summed E-state index contributed by atoms with van der Waals surface area (Å²) in [5.41, 5.74) is 0. The zero-order valence-electron chi connectivity index (χ0n) is 10.0. The largest absolute Gasteiger partial charge is 0.307 e. The Hall–Kier alpha value is -0.960. The second kappa shape index (κ2) is 5.94. The van der Waals surface area contributed by atoms with Crippen molar-refractivity contribution in [1.29, 1.82) is 0 Å². The molecule has 1 aromatic heterocycles. The van der Waals surface area contributed by atoms with Crippen LogP contribution in [0.5, 0.6) is 0 Å². The van der Waals surface area contributed by atoms with Gasteiger partial charge in [0.1, 0.15) is 5.82 Å². The third-order valence-electron chi connectivity index (χ3n) is 3.33. The number of nitrogens with zero attached hydrogens (tertiary/aromatic N) is 2. The normalized spacial score (nSPS) is 18.1. The maximum Gasteiger partial charge on any atom is 0.145 e. The van der Waals surface area contributed by atoms with Gasteiger partial charge in [-0.15, -0.1) is 0 Å². The van der Waals surface area contributed by atoms with E-state index in [9.17, 15) is 0 Å². The van der Waals surface area contributed by atoms with Crippen LogP contribution in [0.3, 0.4) is 0 Å².